The van der Waals surface area contributed by atoms with Crippen LogP contribution in [0.1, 0.15) is 6.42 Å². The number of hydrogen-bond acceptors (Lipinski definition) is 4. The zero-order valence-corrected chi connectivity index (χ0v) is 7.50. The number of esters is 2. The maximum atomic E-state index is 13.6. The van der Waals surface area contributed by atoms with Gasteiger partial charge in [-0.15, -0.1) is 6.58 Å². The summed E-state index contributed by atoms with van der Waals surface area (Å²) in [6.07, 6.45) is 0.639. The van der Waals surface area contributed by atoms with E-state index in [2.05, 4.69) is 16.1 Å². The van der Waals surface area contributed by atoms with Gasteiger partial charge in [0.2, 0.25) is 0 Å². The van der Waals surface area contributed by atoms with Crippen LogP contribution >= 0.6 is 0 Å². The maximum absolute atomic E-state index is 13.6. The molecule has 0 saturated heterocycles. The second-order valence-electron chi connectivity index (χ2n) is 2.28. The van der Waals surface area contributed by atoms with Gasteiger partial charge in [0, 0.05) is 6.42 Å². The Hall–Kier alpha value is -1.39. The van der Waals surface area contributed by atoms with Crippen LogP contribution in [0.15, 0.2) is 12.7 Å². The lowest BCUT2D eigenvalue weighted by atomic mass is 10.0. The lowest BCUT2D eigenvalue weighted by molar-refractivity contribution is -0.171. The lowest BCUT2D eigenvalue weighted by Crippen LogP contribution is -2.43. The molecule has 0 aromatic rings. The van der Waals surface area contributed by atoms with Crippen molar-refractivity contribution in [2.75, 3.05) is 14.2 Å². The number of rotatable bonds is 4. The molecule has 5 heteroatoms. The Morgan fingerprint density at radius 1 is 1.38 bits per heavy atom. The number of allylic oxidation sites excluding steroid dienone is 1. The van der Waals surface area contributed by atoms with E-state index in [0.29, 0.717) is 0 Å². The van der Waals surface area contributed by atoms with E-state index in [-0.39, 0.29) is 0 Å². The van der Waals surface area contributed by atoms with Crippen LogP contribution in [0, 0.1) is 0 Å². The molecule has 0 aromatic heterocycles. The van der Waals surface area contributed by atoms with Crippen LogP contribution < -0.4 is 0 Å². The summed E-state index contributed by atoms with van der Waals surface area (Å²) >= 11 is 0. The zero-order chi connectivity index (χ0) is 10.5. The highest BCUT2D eigenvalue weighted by Gasteiger charge is 2.48. The summed E-state index contributed by atoms with van der Waals surface area (Å²) < 4.78 is 21.8. The Balaban J connectivity index is 4.81. The average Bonchev–Trinajstić information content (AvgIpc) is 2.15. The van der Waals surface area contributed by atoms with Crippen LogP contribution in [0.5, 0.6) is 0 Å². The van der Waals surface area contributed by atoms with Gasteiger partial charge < -0.3 is 9.47 Å². The lowest BCUT2D eigenvalue weighted by Gasteiger charge is -2.17. The first-order chi connectivity index (χ1) is 6.02. The highest BCUT2D eigenvalue weighted by molar-refractivity contribution is 6.03. The number of carbonyl (C=O) groups excluding carboxylic acids is 2. The first kappa shape index (κ1) is 11.6. The molecule has 13 heavy (non-hydrogen) atoms. The fraction of sp³-hybridized carbons (Fsp3) is 0.500. The number of alkyl halides is 1. The summed E-state index contributed by atoms with van der Waals surface area (Å²) in [4.78, 5) is 21.8. The maximum Gasteiger partial charge on any atom is 0.355 e. The minimum Gasteiger partial charge on any atom is -0.466 e. The highest BCUT2D eigenvalue weighted by atomic mass is 19.1. The molecule has 0 rings (SSSR count). The smallest absolute Gasteiger partial charge is 0.355 e. The largest absolute Gasteiger partial charge is 0.466 e. The average molecular weight is 190 g/mol. The minimum absolute atomic E-state index is 0.466. The van der Waals surface area contributed by atoms with E-state index >= 15 is 0 Å². The molecule has 0 amide bonds. The molecule has 0 unspecified atom stereocenters. The summed E-state index contributed by atoms with van der Waals surface area (Å²) in [6, 6.07) is 0. The van der Waals surface area contributed by atoms with Gasteiger partial charge in [-0.3, -0.25) is 0 Å². The second kappa shape index (κ2) is 4.59. The SMILES string of the molecule is C=CCC(F)(C(=O)OC)C(=O)OC. The van der Waals surface area contributed by atoms with E-state index < -0.39 is 24.0 Å². The highest BCUT2D eigenvalue weighted by Crippen LogP contribution is 2.20. The van der Waals surface area contributed by atoms with Gasteiger partial charge in [0.1, 0.15) is 0 Å². The standard InChI is InChI=1S/C8H11FO4/c1-4-5-8(9,6(10)12-2)7(11)13-3/h4H,1,5H2,2-3H3. The van der Waals surface area contributed by atoms with Crippen molar-refractivity contribution in [1.29, 1.82) is 0 Å². The van der Waals surface area contributed by atoms with Crippen LogP contribution in [-0.4, -0.2) is 31.8 Å². The van der Waals surface area contributed by atoms with Gasteiger partial charge in [0.05, 0.1) is 14.2 Å². The molecule has 0 bridgehead atoms. The molecular weight excluding hydrogens is 179 g/mol. The normalized spacial score (nSPS) is 10.4. The third-order valence-electron chi connectivity index (χ3n) is 1.44. The minimum atomic E-state index is -2.77. The second-order valence-corrected chi connectivity index (χ2v) is 2.28. The first-order valence-electron chi connectivity index (χ1n) is 3.49. The molecule has 0 N–H and O–H groups in total. The number of ether oxygens (including phenoxy) is 2. The summed E-state index contributed by atoms with van der Waals surface area (Å²) in [5.41, 5.74) is -2.77. The molecule has 0 radical (unpaired) electrons. The molecule has 0 atom stereocenters. The fourth-order valence-corrected chi connectivity index (χ4v) is 0.772. The van der Waals surface area contributed by atoms with Crippen LogP contribution in [0.25, 0.3) is 0 Å². The van der Waals surface area contributed by atoms with Gasteiger partial charge in [-0.2, -0.15) is 0 Å². The number of carbonyl (C=O) groups is 2. The molecule has 0 aliphatic heterocycles. The summed E-state index contributed by atoms with van der Waals surface area (Å²) in [5.74, 6) is -2.56. The number of methoxy groups -OCH3 is 2. The van der Waals surface area contributed by atoms with Crippen LogP contribution in [0.3, 0.4) is 0 Å². The van der Waals surface area contributed by atoms with E-state index in [9.17, 15) is 14.0 Å². The van der Waals surface area contributed by atoms with Crippen molar-refractivity contribution in [3.63, 3.8) is 0 Å². The van der Waals surface area contributed by atoms with E-state index in [1.807, 2.05) is 0 Å². The predicted octanol–water partition coefficient (Wildman–Crippen LogP) is 0.617. The van der Waals surface area contributed by atoms with Crippen molar-refractivity contribution < 1.29 is 23.5 Å². The summed E-state index contributed by atoms with van der Waals surface area (Å²) in [7, 11) is 1.98. The van der Waals surface area contributed by atoms with Gasteiger partial charge in [-0.25, -0.2) is 14.0 Å². The molecule has 4 nitrogen and oxygen atoms in total. The molecule has 0 aromatic carbocycles. The van der Waals surface area contributed by atoms with Gasteiger partial charge in [-0.05, 0) is 0 Å². The molecule has 0 saturated carbocycles. The molecule has 0 aliphatic carbocycles. The molecule has 0 heterocycles. The van der Waals surface area contributed by atoms with Crippen LogP contribution in [-0.2, 0) is 19.1 Å². The first-order valence-corrected chi connectivity index (χ1v) is 3.49. The number of halogens is 1. The summed E-state index contributed by atoms with van der Waals surface area (Å²) in [6.45, 7) is 3.22. The van der Waals surface area contributed by atoms with E-state index in [0.717, 1.165) is 20.3 Å². The predicted molar refractivity (Wildman–Crippen MR) is 42.7 cm³/mol. The van der Waals surface area contributed by atoms with E-state index in [1.54, 1.807) is 0 Å². The summed E-state index contributed by atoms with van der Waals surface area (Å²) in [5, 5.41) is 0. The Kier molecular flexibility index (Phi) is 4.10. The van der Waals surface area contributed by atoms with Crippen molar-refractivity contribution in [2.24, 2.45) is 0 Å². The van der Waals surface area contributed by atoms with Gasteiger partial charge in [0.25, 0.3) is 0 Å². The zero-order valence-electron chi connectivity index (χ0n) is 7.50. The Morgan fingerprint density at radius 2 is 1.77 bits per heavy atom. The Morgan fingerprint density at radius 3 is 2.00 bits per heavy atom. The fourth-order valence-electron chi connectivity index (χ4n) is 0.772. The molecule has 0 fully saturated rings. The molecule has 74 valence electrons. The number of hydrogen-bond donors (Lipinski definition) is 0. The Labute approximate surface area is 75.3 Å². The molecule has 0 spiro atoms. The topological polar surface area (TPSA) is 52.6 Å². The van der Waals surface area contributed by atoms with Crippen molar-refractivity contribution in [3.05, 3.63) is 12.7 Å². The van der Waals surface area contributed by atoms with Crippen molar-refractivity contribution in [3.8, 4) is 0 Å². The third kappa shape index (κ3) is 2.27. The Bertz CT molecular complexity index is 208. The van der Waals surface area contributed by atoms with E-state index in [4.69, 9.17) is 0 Å². The van der Waals surface area contributed by atoms with Crippen molar-refractivity contribution >= 4 is 11.9 Å². The van der Waals surface area contributed by atoms with Crippen LogP contribution in [0.4, 0.5) is 4.39 Å². The van der Waals surface area contributed by atoms with E-state index in [1.165, 1.54) is 0 Å². The molecular formula is C8H11FO4. The van der Waals surface area contributed by atoms with Crippen molar-refractivity contribution in [2.45, 2.75) is 12.1 Å². The van der Waals surface area contributed by atoms with Gasteiger partial charge >= 0.3 is 17.6 Å². The quantitative estimate of drug-likeness (QED) is 0.370. The third-order valence-corrected chi connectivity index (χ3v) is 1.44. The van der Waals surface area contributed by atoms with Crippen LogP contribution in [0.2, 0.25) is 0 Å². The monoisotopic (exact) mass is 190 g/mol. The van der Waals surface area contributed by atoms with Gasteiger partial charge in [-0.1, -0.05) is 6.08 Å². The van der Waals surface area contributed by atoms with Gasteiger partial charge in [0.15, 0.2) is 0 Å². The molecule has 0 aliphatic rings. The van der Waals surface area contributed by atoms with Crippen molar-refractivity contribution in [1.82, 2.24) is 0 Å².